The Hall–Kier alpha value is -0.650. The van der Waals surface area contributed by atoms with Crippen molar-refractivity contribution in [2.45, 2.75) is 51.2 Å². The van der Waals surface area contributed by atoms with Crippen LogP contribution in [0.1, 0.15) is 33.1 Å². The number of piperidine rings is 1. The summed E-state index contributed by atoms with van der Waals surface area (Å²) < 4.78 is 0. The van der Waals surface area contributed by atoms with E-state index in [1.807, 2.05) is 0 Å². The van der Waals surface area contributed by atoms with Crippen molar-refractivity contribution in [1.29, 1.82) is 0 Å². The van der Waals surface area contributed by atoms with Crippen LogP contribution < -0.4 is 11.1 Å². The smallest absolute Gasteiger partial charge is 0.231 e. The zero-order chi connectivity index (χ0) is 13.8. The molecule has 1 amide bonds. The van der Waals surface area contributed by atoms with Gasteiger partial charge < -0.3 is 11.1 Å². The molecule has 0 aromatic rings. The normalized spacial score (nSPS) is 27.2. The fourth-order valence-electron chi connectivity index (χ4n) is 3.20. The first-order valence-electron chi connectivity index (χ1n) is 7.55. The Kier molecular flexibility index (Phi) is 5.19. The predicted octanol–water partition coefficient (Wildman–Crippen LogP) is 0.00840. The van der Waals surface area contributed by atoms with Crippen molar-refractivity contribution in [3.05, 3.63) is 0 Å². The molecule has 1 unspecified atom stereocenters. The molecule has 3 N–H and O–H groups in total. The summed E-state index contributed by atoms with van der Waals surface area (Å²) in [6.45, 7) is 9.32. The first-order chi connectivity index (χ1) is 9.04. The third-order valence-electron chi connectivity index (χ3n) is 4.39. The van der Waals surface area contributed by atoms with Crippen LogP contribution in [-0.4, -0.2) is 66.6 Å². The van der Waals surface area contributed by atoms with Crippen molar-refractivity contribution in [1.82, 2.24) is 15.1 Å². The van der Waals surface area contributed by atoms with Crippen molar-refractivity contribution in [2.75, 3.05) is 32.7 Å². The highest BCUT2D eigenvalue weighted by Crippen LogP contribution is 2.16. The summed E-state index contributed by atoms with van der Waals surface area (Å²) in [5.41, 5.74) is 5.23. The van der Waals surface area contributed by atoms with E-state index in [9.17, 15) is 4.79 Å². The lowest BCUT2D eigenvalue weighted by Crippen LogP contribution is -2.48. The van der Waals surface area contributed by atoms with Crippen molar-refractivity contribution in [3.8, 4) is 0 Å². The van der Waals surface area contributed by atoms with Gasteiger partial charge in [0.05, 0.1) is 6.54 Å². The quantitative estimate of drug-likeness (QED) is 0.737. The van der Waals surface area contributed by atoms with Gasteiger partial charge in [0.2, 0.25) is 5.91 Å². The number of carbonyl (C=O) groups is 1. The minimum atomic E-state index is -0.213. The Morgan fingerprint density at radius 2 is 1.84 bits per heavy atom. The molecule has 2 aliphatic rings. The van der Waals surface area contributed by atoms with Crippen LogP contribution in [0.15, 0.2) is 0 Å². The lowest BCUT2D eigenvalue weighted by atomic mass is 10.0. The van der Waals surface area contributed by atoms with E-state index in [-0.39, 0.29) is 5.91 Å². The van der Waals surface area contributed by atoms with Crippen LogP contribution in [0.2, 0.25) is 0 Å². The number of nitrogens with one attached hydrogen (secondary N) is 1. The second-order valence-electron chi connectivity index (χ2n) is 6.26. The number of hydrogen-bond acceptors (Lipinski definition) is 4. The van der Waals surface area contributed by atoms with Crippen LogP contribution in [0, 0.1) is 0 Å². The summed E-state index contributed by atoms with van der Waals surface area (Å²) >= 11 is 0. The number of hydrogen-bond donors (Lipinski definition) is 2. The number of carbonyl (C=O) groups excluding carboxylic acids is 1. The molecule has 5 heteroatoms. The molecule has 110 valence electrons. The summed E-state index contributed by atoms with van der Waals surface area (Å²) in [4.78, 5) is 15.6. The van der Waals surface area contributed by atoms with E-state index in [0.717, 1.165) is 25.9 Å². The molecule has 1 atom stereocenters. The Morgan fingerprint density at radius 1 is 1.21 bits per heavy atom. The number of amides is 1. The van der Waals surface area contributed by atoms with Crippen LogP contribution in [0.4, 0.5) is 0 Å². The number of rotatable bonds is 5. The van der Waals surface area contributed by atoms with Gasteiger partial charge in [-0.05, 0) is 39.7 Å². The third kappa shape index (κ3) is 4.44. The molecule has 5 nitrogen and oxygen atoms in total. The molecule has 19 heavy (non-hydrogen) atoms. The molecule has 2 rings (SSSR count). The lowest BCUT2D eigenvalue weighted by Gasteiger charge is -2.33. The van der Waals surface area contributed by atoms with Gasteiger partial charge in [-0.25, -0.2) is 0 Å². The Morgan fingerprint density at radius 3 is 2.37 bits per heavy atom. The van der Waals surface area contributed by atoms with Crippen LogP contribution in [0.5, 0.6) is 0 Å². The number of likely N-dealkylation sites (tertiary alicyclic amines) is 2. The molecule has 2 saturated heterocycles. The van der Waals surface area contributed by atoms with E-state index in [2.05, 4.69) is 29.0 Å². The molecule has 0 spiro atoms. The molecule has 0 saturated carbocycles. The van der Waals surface area contributed by atoms with Gasteiger partial charge in [0.15, 0.2) is 0 Å². The average Bonchev–Trinajstić information content (AvgIpc) is 2.80. The maximum absolute atomic E-state index is 10.9. The predicted molar refractivity (Wildman–Crippen MR) is 76.9 cm³/mol. The topological polar surface area (TPSA) is 61.6 Å². The van der Waals surface area contributed by atoms with E-state index in [4.69, 9.17) is 5.73 Å². The maximum atomic E-state index is 10.9. The zero-order valence-electron chi connectivity index (χ0n) is 12.3. The van der Waals surface area contributed by atoms with E-state index >= 15 is 0 Å². The lowest BCUT2D eigenvalue weighted by molar-refractivity contribution is -0.119. The van der Waals surface area contributed by atoms with Crippen molar-refractivity contribution >= 4 is 5.91 Å². The second kappa shape index (κ2) is 6.68. The Bertz CT molecular complexity index is 300. The standard InChI is InChI=1S/C14H28N4O/c1-11(2)18-8-5-13(9-18)16-12-3-6-17(7-4-12)10-14(15)19/h11-13,16H,3-10H2,1-2H3,(H2,15,19). The molecular weight excluding hydrogens is 240 g/mol. The Labute approximate surface area is 116 Å². The molecule has 0 bridgehead atoms. The van der Waals surface area contributed by atoms with Gasteiger partial charge in [0, 0.05) is 37.8 Å². The van der Waals surface area contributed by atoms with E-state index in [1.54, 1.807) is 0 Å². The minimum absolute atomic E-state index is 0.213. The molecule has 0 aliphatic carbocycles. The molecule has 0 aromatic heterocycles. The molecule has 0 radical (unpaired) electrons. The van der Waals surface area contributed by atoms with Crippen LogP contribution in [0.25, 0.3) is 0 Å². The fourth-order valence-corrected chi connectivity index (χ4v) is 3.20. The van der Waals surface area contributed by atoms with E-state index in [0.29, 0.717) is 24.7 Å². The fraction of sp³-hybridized carbons (Fsp3) is 0.929. The van der Waals surface area contributed by atoms with Gasteiger partial charge in [0.25, 0.3) is 0 Å². The maximum Gasteiger partial charge on any atom is 0.231 e. The summed E-state index contributed by atoms with van der Waals surface area (Å²) in [7, 11) is 0. The average molecular weight is 268 g/mol. The van der Waals surface area contributed by atoms with E-state index in [1.165, 1.54) is 19.5 Å². The zero-order valence-corrected chi connectivity index (χ0v) is 12.3. The summed E-state index contributed by atoms with van der Waals surface area (Å²) in [5.74, 6) is -0.213. The monoisotopic (exact) mass is 268 g/mol. The second-order valence-corrected chi connectivity index (χ2v) is 6.26. The third-order valence-corrected chi connectivity index (χ3v) is 4.39. The number of primary amides is 1. The minimum Gasteiger partial charge on any atom is -0.369 e. The molecule has 2 heterocycles. The summed E-state index contributed by atoms with van der Waals surface area (Å²) in [6, 6.07) is 1.92. The van der Waals surface area contributed by atoms with Gasteiger partial charge in [-0.15, -0.1) is 0 Å². The highest BCUT2D eigenvalue weighted by Gasteiger charge is 2.27. The highest BCUT2D eigenvalue weighted by molar-refractivity contribution is 5.75. The first kappa shape index (κ1) is 14.8. The van der Waals surface area contributed by atoms with Crippen LogP contribution >= 0.6 is 0 Å². The van der Waals surface area contributed by atoms with Crippen molar-refractivity contribution in [2.24, 2.45) is 5.73 Å². The van der Waals surface area contributed by atoms with Crippen LogP contribution in [0.3, 0.4) is 0 Å². The SMILES string of the molecule is CC(C)N1CCC(NC2CCN(CC(N)=O)CC2)C1. The van der Waals surface area contributed by atoms with Crippen LogP contribution in [-0.2, 0) is 4.79 Å². The van der Waals surface area contributed by atoms with Gasteiger partial charge >= 0.3 is 0 Å². The van der Waals surface area contributed by atoms with Crippen molar-refractivity contribution < 1.29 is 4.79 Å². The summed E-state index contributed by atoms with van der Waals surface area (Å²) in [5, 5.41) is 3.79. The summed E-state index contributed by atoms with van der Waals surface area (Å²) in [6.07, 6.45) is 3.52. The largest absolute Gasteiger partial charge is 0.369 e. The molecule has 2 fully saturated rings. The van der Waals surface area contributed by atoms with Gasteiger partial charge in [-0.1, -0.05) is 0 Å². The number of nitrogens with two attached hydrogens (primary N) is 1. The molecular formula is C14H28N4O. The van der Waals surface area contributed by atoms with Gasteiger partial charge in [-0.3, -0.25) is 14.6 Å². The Balaban J connectivity index is 1.67. The van der Waals surface area contributed by atoms with Gasteiger partial charge in [0.1, 0.15) is 0 Å². The van der Waals surface area contributed by atoms with Gasteiger partial charge in [-0.2, -0.15) is 0 Å². The molecule has 2 aliphatic heterocycles. The number of nitrogens with zero attached hydrogens (tertiary/aromatic N) is 2. The first-order valence-corrected chi connectivity index (χ1v) is 7.55. The van der Waals surface area contributed by atoms with Crippen molar-refractivity contribution in [3.63, 3.8) is 0 Å². The highest BCUT2D eigenvalue weighted by atomic mass is 16.1. The molecule has 0 aromatic carbocycles. The van der Waals surface area contributed by atoms with E-state index < -0.39 is 0 Å².